The molecule has 0 spiro atoms. The lowest BCUT2D eigenvalue weighted by Gasteiger charge is -2.22. The second-order valence-corrected chi connectivity index (χ2v) is 7.36. The predicted molar refractivity (Wildman–Crippen MR) is 109 cm³/mol. The van der Waals surface area contributed by atoms with E-state index in [1.165, 1.54) is 11.0 Å². The Balaban J connectivity index is 2.58. The van der Waals surface area contributed by atoms with Gasteiger partial charge in [-0.2, -0.15) is 0 Å². The van der Waals surface area contributed by atoms with Crippen molar-refractivity contribution in [1.29, 1.82) is 0 Å². The molecule has 0 heterocycles. The quantitative estimate of drug-likeness (QED) is 0.798. The van der Waals surface area contributed by atoms with Crippen molar-refractivity contribution in [3.05, 3.63) is 53.3 Å². The fraction of sp³-hybridized carbons (Fsp3) is 0.364. The lowest BCUT2D eigenvalue weighted by molar-refractivity contribution is -0.121. The Morgan fingerprint density at radius 1 is 1.14 bits per heavy atom. The Morgan fingerprint density at radius 2 is 1.82 bits per heavy atom. The van der Waals surface area contributed by atoms with E-state index in [1.54, 1.807) is 65.1 Å². The van der Waals surface area contributed by atoms with Gasteiger partial charge in [0.05, 0.1) is 6.61 Å². The summed E-state index contributed by atoms with van der Waals surface area (Å²) in [7, 11) is 1.63. The normalized spacial score (nSPS) is 12.0. The SMILES string of the molecule is Cc1ccc(-c2cc(C(=O)N[C@@H](C)CO)cc(N(C)C(=O)C(C)C)c2)c(F)c1. The standard InChI is InChI=1S/C22H27FN2O3/c1-13(2)22(28)25(5)18-10-16(19-7-6-14(3)8-20(19)23)9-17(11-18)21(27)24-15(4)12-26/h6-11,13,15,26H,12H2,1-5H3,(H,24,27)/t15-/m0/s1. The van der Waals surface area contributed by atoms with Gasteiger partial charge in [0.15, 0.2) is 0 Å². The molecule has 0 aromatic heterocycles. The molecule has 0 saturated carbocycles. The van der Waals surface area contributed by atoms with Crippen molar-refractivity contribution in [1.82, 2.24) is 5.32 Å². The molecule has 0 saturated heterocycles. The Morgan fingerprint density at radius 3 is 2.39 bits per heavy atom. The van der Waals surface area contributed by atoms with Crippen LogP contribution in [0.3, 0.4) is 0 Å². The van der Waals surface area contributed by atoms with Gasteiger partial charge in [-0.15, -0.1) is 0 Å². The first-order chi connectivity index (χ1) is 13.1. The molecule has 2 amide bonds. The van der Waals surface area contributed by atoms with E-state index in [2.05, 4.69) is 5.32 Å². The summed E-state index contributed by atoms with van der Waals surface area (Å²) < 4.78 is 14.5. The van der Waals surface area contributed by atoms with Gasteiger partial charge < -0.3 is 15.3 Å². The number of halogens is 1. The van der Waals surface area contributed by atoms with E-state index >= 15 is 0 Å². The second kappa shape index (κ2) is 8.97. The van der Waals surface area contributed by atoms with Crippen molar-refractivity contribution in [2.75, 3.05) is 18.6 Å². The second-order valence-electron chi connectivity index (χ2n) is 7.36. The first kappa shape index (κ1) is 21.6. The molecule has 0 fully saturated rings. The van der Waals surface area contributed by atoms with Crippen molar-refractivity contribution >= 4 is 17.5 Å². The number of anilines is 1. The van der Waals surface area contributed by atoms with E-state index in [4.69, 9.17) is 0 Å². The minimum absolute atomic E-state index is 0.114. The van der Waals surface area contributed by atoms with Crippen molar-refractivity contribution in [3.8, 4) is 11.1 Å². The zero-order valence-corrected chi connectivity index (χ0v) is 16.9. The molecule has 28 heavy (non-hydrogen) atoms. The molecule has 0 radical (unpaired) electrons. The van der Waals surface area contributed by atoms with Gasteiger partial charge in [0.25, 0.3) is 5.91 Å². The molecule has 1 atom stereocenters. The highest BCUT2D eigenvalue weighted by atomic mass is 19.1. The van der Waals surface area contributed by atoms with Crippen LogP contribution in [0.15, 0.2) is 36.4 Å². The van der Waals surface area contributed by atoms with Crippen LogP contribution in [-0.2, 0) is 4.79 Å². The molecule has 0 aliphatic heterocycles. The third-order valence-corrected chi connectivity index (χ3v) is 4.48. The monoisotopic (exact) mass is 386 g/mol. The summed E-state index contributed by atoms with van der Waals surface area (Å²) in [6, 6.07) is 9.33. The number of rotatable bonds is 6. The van der Waals surface area contributed by atoms with Gasteiger partial charge in [-0.05, 0) is 49.2 Å². The zero-order chi connectivity index (χ0) is 21.0. The number of benzene rings is 2. The number of amides is 2. The van der Waals surface area contributed by atoms with Crippen LogP contribution in [0.2, 0.25) is 0 Å². The van der Waals surface area contributed by atoms with Crippen molar-refractivity contribution in [3.63, 3.8) is 0 Å². The third kappa shape index (κ3) is 4.95. The lowest BCUT2D eigenvalue weighted by Crippen LogP contribution is -2.35. The van der Waals surface area contributed by atoms with Crippen molar-refractivity contribution in [2.24, 2.45) is 5.92 Å². The topological polar surface area (TPSA) is 69.6 Å². The number of hydrogen-bond donors (Lipinski definition) is 2. The highest BCUT2D eigenvalue weighted by molar-refractivity contribution is 6.00. The molecule has 0 bridgehead atoms. The largest absolute Gasteiger partial charge is 0.394 e. The summed E-state index contributed by atoms with van der Waals surface area (Å²) in [5, 5.41) is 11.9. The van der Waals surface area contributed by atoms with Crippen LogP contribution < -0.4 is 10.2 Å². The molecule has 5 nitrogen and oxygen atoms in total. The van der Waals surface area contributed by atoms with Crippen LogP contribution >= 0.6 is 0 Å². The van der Waals surface area contributed by atoms with Gasteiger partial charge in [0.2, 0.25) is 5.91 Å². The molecule has 150 valence electrons. The molecule has 0 unspecified atom stereocenters. The van der Waals surface area contributed by atoms with Crippen LogP contribution in [0.4, 0.5) is 10.1 Å². The van der Waals surface area contributed by atoms with Crippen LogP contribution in [-0.4, -0.2) is 36.6 Å². The molecular formula is C22H27FN2O3. The summed E-state index contributed by atoms with van der Waals surface area (Å²) in [6.07, 6.45) is 0. The minimum Gasteiger partial charge on any atom is -0.394 e. The Kier molecular flexibility index (Phi) is 6.91. The number of aliphatic hydroxyl groups is 1. The Labute approximate surface area is 165 Å². The van der Waals surface area contributed by atoms with Crippen LogP contribution in [0.1, 0.15) is 36.7 Å². The van der Waals surface area contributed by atoms with Gasteiger partial charge in [0, 0.05) is 35.8 Å². The number of carbonyl (C=O) groups excluding carboxylic acids is 2. The van der Waals surface area contributed by atoms with E-state index in [-0.39, 0.29) is 24.0 Å². The summed E-state index contributed by atoms with van der Waals surface area (Å²) in [5.74, 6) is -1.14. The van der Waals surface area contributed by atoms with Crippen molar-refractivity contribution < 1.29 is 19.1 Å². The number of aryl methyl sites for hydroxylation is 1. The molecule has 2 aromatic rings. The fourth-order valence-corrected chi connectivity index (χ4v) is 2.81. The van der Waals surface area contributed by atoms with E-state index < -0.39 is 17.8 Å². The minimum atomic E-state index is -0.425. The number of nitrogens with zero attached hydrogens (tertiary/aromatic N) is 1. The zero-order valence-electron chi connectivity index (χ0n) is 16.9. The average molecular weight is 386 g/mol. The van der Waals surface area contributed by atoms with E-state index in [1.807, 2.05) is 0 Å². The Bertz CT molecular complexity index is 880. The molecule has 0 aliphatic rings. The molecule has 6 heteroatoms. The van der Waals surface area contributed by atoms with Crippen LogP contribution in [0, 0.1) is 18.7 Å². The Hall–Kier alpha value is -2.73. The third-order valence-electron chi connectivity index (χ3n) is 4.48. The van der Waals surface area contributed by atoms with E-state index in [9.17, 15) is 19.1 Å². The van der Waals surface area contributed by atoms with Gasteiger partial charge in [0.1, 0.15) is 5.82 Å². The van der Waals surface area contributed by atoms with Crippen molar-refractivity contribution in [2.45, 2.75) is 33.7 Å². The fourth-order valence-electron chi connectivity index (χ4n) is 2.81. The highest BCUT2D eigenvalue weighted by Crippen LogP contribution is 2.29. The molecule has 2 aromatic carbocycles. The highest BCUT2D eigenvalue weighted by Gasteiger charge is 2.19. The summed E-state index contributed by atoms with van der Waals surface area (Å²) in [5.41, 5.74) is 2.43. The van der Waals surface area contributed by atoms with E-state index in [0.29, 0.717) is 16.8 Å². The summed E-state index contributed by atoms with van der Waals surface area (Å²) >= 11 is 0. The first-order valence-electron chi connectivity index (χ1n) is 9.25. The maximum Gasteiger partial charge on any atom is 0.251 e. The number of hydrogen-bond acceptors (Lipinski definition) is 3. The first-order valence-corrected chi connectivity index (χ1v) is 9.25. The van der Waals surface area contributed by atoms with Crippen LogP contribution in [0.5, 0.6) is 0 Å². The van der Waals surface area contributed by atoms with Crippen LogP contribution in [0.25, 0.3) is 11.1 Å². The summed E-state index contributed by atoms with van der Waals surface area (Å²) in [6.45, 7) is 6.86. The number of carbonyl (C=O) groups is 2. The average Bonchev–Trinajstić information content (AvgIpc) is 2.66. The van der Waals surface area contributed by atoms with Gasteiger partial charge >= 0.3 is 0 Å². The molecule has 0 aliphatic carbocycles. The van der Waals surface area contributed by atoms with Gasteiger partial charge in [-0.25, -0.2) is 4.39 Å². The predicted octanol–water partition coefficient (Wildman–Crippen LogP) is 3.53. The number of aliphatic hydroxyl groups excluding tert-OH is 1. The van der Waals surface area contributed by atoms with Gasteiger partial charge in [-0.3, -0.25) is 9.59 Å². The van der Waals surface area contributed by atoms with E-state index in [0.717, 1.165) is 5.56 Å². The summed E-state index contributed by atoms with van der Waals surface area (Å²) in [4.78, 5) is 26.5. The van der Waals surface area contributed by atoms with Gasteiger partial charge in [-0.1, -0.05) is 26.0 Å². The lowest BCUT2D eigenvalue weighted by atomic mass is 9.99. The molecule has 2 N–H and O–H groups in total. The number of nitrogens with one attached hydrogen (secondary N) is 1. The maximum absolute atomic E-state index is 14.5. The smallest absolute Gasteiger partial charge is 0.251 e. The molecular weight excluding hydrogens is 359 g/mol. The maximum atomic E-state index is 14.5. The molecule has 2 rings (SSSR count).